The molecule has 1 aliphatic carbocycles. The third-order valence-electron chi connectivity index (χ3n) is 1.52. The lowest BCUT2D eigenvalue weighted by Crippen LogP contribution is -2.41. The molecule has 0 unspecified atom stereocenters. The van der Waals surface area contributed by atoms with Crippen molar-refractivity contribution in [3.8, 4) is 0 Å². The molecule has 2 nitrogen and oxygen atoms in total. The average molecular weight is 151 g/mol. The minimum Gasteiger partial charge on any atom is -0.376 e. The van der Waals surface area contributed by atoms with Gasteiger partial charge in [0.1, 0.15) is 0 Å². The first kappa shape index (κ1) is 7.88. The van der Waals surface area contributed by atoms with Gasteiger partial charge in [0.15, 0.2) is 0 Å². The summed E-state index contributed by atoms with van der Waals surface area (Å²) in [5.74, 6) is -2.47. The molecule has 1 rings (SSSR count). The number of hydrogen-bond donors (Lipinski definition) is 1. The zero-order chi connectivity index (χ0) is 7.61. The SMILES string of the molecule is NCCOC1CC(F)(F)C1. The summed E-state index contributed by atoms with van der Waals surface area (Å²) < 4.78 is 29.2. The molecule has 0 spiro atoms. The van der Waals surface area contributed by atoms with Crippen molar-refractivity contribution in [2.45, 2.75) is 24.9 Å². The third-order valence-corrected chi connectivity index (χ3v) is 1.52. The molecule has 1 aliphatic rings. The minimum absolute atomic E-state index is 0.132. The van der Waals surface area contributed by atoms with E-state index in [2.05, 4.69) is 0 Å². The maximum Gasteiger partial charge on any atom is 0.253 e. The van der Waals surface area contributed by atoms with Crippen LogP contribution in [0.4, 0.5) is 8.78 Å². The molecule has 0 saturated heterocycles. The van der Waals surface area contributed by atoms with Gasteiger partial charge in [-0.1, -0.05) is 0 Å². The monoisotopic (exact) mass is 151 g/mol. The second-order valence-electron chi connectivity index (χ2n) is 2.55. The van der Waals surface area contributed by atoms with Crippen LogP contribution < -0.4 is 5.73 Å². The Balaban J connectivity index is 2.03. The molecule has 0 aromatic heterocycles. The summed E-state index contributed by atoms with van der Waals surface area (Å²) in [5.41, 5.74) is 5.11. The summed E-state index contributed by atoms with van der Waals surface area (Å²) in [6, 6.07) is 0. The van der Waals surface area contributed by atoms with Gasteiger partial charge in [-0.15, -0.1) is 0 Å². The van der Waals surface area contributed by atoms with Crippen LogP contribution in [0.5, 0.6) is 0 Å². The van der Waals surface area contributed by atoms with E-state index in [1.54, 1.807) is 0 Å². The minimum atomic E-state index is -2.47. The first-order valence-electron chi connectivity index (χ1n) is 3.33. The Morgan fingerprint density at radius 2 is 2.10 bits per heavy atom. The molecule has 0 bridgehead atoms. The van der Waals surface area contributed by atoms with Crippen molar-refractivity contribution in [3.63, 3.8) is 0 Å². The van der Waals surface area contributed by atoms with Crippen molar-refractivity contribution < 1.29 is 13.5 Å². The smallest absolute Gasteiger partial charge is 0.253 e. The molecule has 10 heavy (non-hydrogen) atoms. The van der Waals surface area contributed by atoms with E-state index in [9.17, 15) is 8.78 Å². The van der Waals surface area contributed by atoms with Gasteiger partial charge in [0.05, 0.1) is 12.7 Å². The predicted molar refractivity (Wildman–Crippen MR) is 33.0 cm³/mol. The Labute approximate surface area is 58.3 Å². The molecule has 60 valence electrons. The van der Waals surface area contributed by atoms with Crippen molar-refractivity contribution in [3.05, 3.63) is 0 Å². The maximum absolute atomic E-state index is 12.1. The van der Waals surface area contributed by atoms with Gasteiger partial charge in [0.2, 0.25) is 0 Å². The van der Waals surface area contributed by atoms with E-state index < -0.39 is 5.92 Å². The lowest BCUT2D eigenvalue weighted by Gasteiger charge is -2.34. The van der Waals surface area contributed by atoms with Crippen LogP contribution >= 0.6 is 0 Å². The predicted octanol–water partition coefficient (Wildman–Crippen LogP) is 0.759. The molecule has 2 N–H and O–H groups in total. The fraction of sp³-hybridized carbons (Fsp3) is 1.00. The first-order valence-corrected chi connectivity index (χ1v) is 3.33. The highest BCUT2D eigenvalue weighted by Gasteiger charge is 2.45. The maximum atomic E-state index is 12.1. The molecule has 4 heteroatoms. The van der Waals surface area contributed by atoms with E-state index >= 15 is 0 Å². The van der Waals surface area contributed by atoms with Crippen LogP contribution in [-0.4, -0.2) is 25.2 Å². The molecule has 0 amide bonds. The quantitative estimate of drug-likeness (QED) is 0.646. The normalized spacial score (nSPS) is 24.3. The van der Waals surface area contributed by atoms with Crippen molar-refractivity contribution in [2.24, 2.45) is 5.73 Å². The highest BCUT2D eigenvalue weighted by molar-refractivity contribution is 4.86. The lowest BCUT2D eigenvalue weighted by atomic mass is 9.91. The van der Waals surface area contributed by atoms with Crippen LogP contribution in [0.25, 0.3) is 0 Å². The Morgan fingerprint density at radius 1 is 1.50 bits per heavy atom. The number of ether oxygens (including phenoxy) is 1. The standard InChI is InChI=1S/C6H11F2NO/c7-6(8)3-5(4-6)10-2-1-9/h5H,1-4,9H2. The fourth-order valence-corrected chi connectivity index (χ4v) is 0.959. The highest BCUT2D eigenvalue weighted by atomic mass is 19.3. The molecule has 0 heterocycles. The summed E-state index contributed by atoms with van der Waals surface area (Å²) in [4.78, 5) is 0. The molecule has 0 aliphatic heterocycles. The summed E-state index contributed by atoms with van der Waals surface area (Å²) in [6.07, 6.45) is -0.515. The molecule has 0 aromatic rings. The van der Waals surface area contributed by atoms with E-state index in [0.29, 0.717) is 13.2 Å². The summed E-state index contributed by atoms with van der Waals surface area (Å²) in [7, 11) is 0. The van der Waals surface area contributed by atoms with E-state index in [1.165, 1.54) is 0 Å². The Kier molecular flexibility index (Phi) is 2.21. The topological polar surface area (TPSA) is 35.2 Å². The van der Waals surface area contributed by atoms with Crippen LogP contribution in [0.1, 0.15) is 12.8 Å². The van der Waals surface area contributed by atoms with E-state index in [4.69, 9.17) is 10.5 Å². The summed E-state index contributed by atoms with van der Waals surface area (Å²) in [6.45, 7) is 0.794. The van der Waals surface area contributed by atoms with Gasteiger partial charge in [0.25, 0.3) is 5.92 Å². The second-order valence-corrected chi connectivity index (χ2v) is 2.55. The highest BCUT2D eigenvalue weighted by Crippen LogP contribution is 2.39. The molecule has 1 fully saturated rings. The number of nitrogens with two attached hydrogens (primary N) is 1. The van der Waals surface area contributed by atoms with Crippen LogP contribution in [0, 0.1) is 0 Å². The fourth-order valence-electron chi connectivity index (χ4n) is 0.959. The van der Waals surface area contributed by atoms with Gasteiger partial charge in [-0.25, -0.2) is 8.78 Å². The number of rotatable bonds is 3. The average Bonchev–Trinajstić information content (AvgIpc) is 1.78. The summed E-state index contributed by atoms with van der Waals surface area (Å²) in [5, 5.41) is 0. The molecular formula is C6H11F2NO. The van der Waals surface area contributed by atoms with Crippen LogP contribution in [-0.2, 0) is 4.74 Å². The van der Waals surface area contributed by atoms with Gasteiger partial charge in [-0.3, -0.25) is 0 Å². The number of halogens is 2. The molecule has 0 radical (unpaired) electrons. The Morgan fingerprint density at radius 3 is 2.50 bits per heavy atom. The van der Waals surface area contributed by atoms with Gasteiger partial charge in [-0.05, 0) is 0 Å². The zero-order valence-electron chi connectivity index (χ0n) is 5.65. The van der Waals surface area contributed by atoms with Crippen LogP contribution in [0.3, 0.4) is 0 Å². The van der Waals surface area contributed by atoms with Crippen molar-refractivity contribution in [2.75, 3.05) is 13.2 Å². The number of hydrogen-bond acceptors (Lipinski definition) is 2. The Hall–Kier alpha value is -0.220. The van der Waals surface area contributed by atoms with Gasteiger partial charge < -0.3 is 10.5 Å². The van der Waals surface area contributed by atoms with Crippen molar-refractivity contribution >= 4 is 0 Å². The lowest BCUT2D eigenvalue weighted by molar-refractivity contribution is -0.164. The number of alkyl halides is 2. The van der Waals surface area contributed by atoms with Gasteiger partial charge in [-0.2, -0.15) is 0 Å². The molecule has 1 saturated carbocycles. The van der Waals surface area contributed by atoms with Crippen molar-refractivity contribution in [1.82, 2.24) is 0 Å². The molecule has 0 atom stereocenters. The molecule has 0 aromatic carbocycles. The van der Waals surface area contributed by atoms with Crippen LogP contribution in [0.15, 0.2) is 0 Å². The van der Waals surface area contributed by atoms with Crippen LogP contribution in [0.2, 0.25) is 0 Å². The first-order chi connectivity index (χ1) is 4.64. The van der Waals surface area contributed by atoms with E-state index in [0.717, 1.165) is 0 Å². The Bertz CT molecular complexity index is 110. The van der Waals surface area contributed by atoms with Gasteiger partial charge >= 0.3 is 0 Å². The van der Waals surface area contributed by atoms with Gasteiger partial charge in [0, 0.05) is 19.4 Å². The molecular weight excluding hydrogens is 140 g/mol. The van der Waals surface area contributed by atoms with E-state index in [1.807, 2.05) is 0 Å². The summed E-state index contributed by atoms with van der Waals surface area (Å²) >= 11 is 0. The largest absolute Gasteiger partial charge is 0.376 e. The van der Waals surface area contributed by atoms with E-state index in [-0.39, 0.29) is 18.9 Å². The second kappa shape index (κ2) is 2.80. The zero-order valence-corrected chi connectivity index (χ0v) is 5.65. The van der Waals surface area contributed by atoms with Crippen molar-refractivity contribution in [1.29, 1.82) is 0 Å². The third kappa shape index (κ3) is 1.88.